The van der Waals surface area contributed by atoms with Crippen LogP contribution in [0.3, 0.4) is 0 Å². The van der Waals surface area contributed by atoms with Crippen LogP contribution in [-0.4, -0.2) is 25.6 Å². The van der Waals surface area contributed by atoms with Gasteiger partial charge in [-0.15, -0.1) is 0 Å². The van der Waals surface area contributed by atoms with Gasteiger partial charge in [0.1, 0.15) is 0 Å². The summed E-state index contributed by atoms with van der Waals surface area (Å²) in [5.41, 5.74) is 1.66. The molecule has 5 nitrogen and oxygen atoms in total. The van der Waals surface area contributed by atoms with Crippen LogP contribution in [0.4, 0.5) is 5.82 Å². The van der Waals surface area contributed by atoms with Crippen LogP contribution in [0.1, 0.15) is 58.4 Å². The molecule has 21 heavy (non-hydrogen) atoms. The van der Waals surface area contributed by atoms with Crippen molar-refractivity contribution in [3.63, 3.8) is 0 Å². The molecule has 3 rings (SSSR count). The summed E-state index contributed by atoms with van der Waals surface area (Å²) in [5.74, 6) is 0.777. The second kappa shape index (κ2) is 6.18. The Morgan fingerprint density at radius 3 is 2.86 bits per heavy atom. The fourth-order valence-corrected chi connectivity index (χ4v) is 3.30. The molecule has 1 saturated carbocycles. The molecule has 2 aromatic heterocycles. The molecule has 0 spiro atoms. The lowest BCUT2D eigenvalue weighted by atomic mass is 10.2. The molecule has 1 fully saturated rings. The van der Waals surface area contributed by atoms with E-state index in [9.17, 15) is 0 Å². The average Bonchev–Trinajstić information content (AvgIpc) is 3.07. The molecule has 1 aliphatic rings. The Hall–Kier alpha value is -1.36. The van der Waals surface area contributed by atoms with Crippen LogP contribution < -0.4 is 5.32 Å². The van der Waals surface area contributed by atoms with E-state index in [1.807, 2.05) is 6.33 Å². The molecule has 2 heterocycles. The average molecular weight is 308 g/mol. The highest BCUT2D eigenvalue weighted by Crippen LogP contribution is 2.28. The zero-order valence-electron chi connectivity index (χ0n) is 12.6. The summed E-state index contributed by atoms with van der Waals surface area (Å²) in [4.78, 5) is 13.3. The number of fused-ring (bicyclic) bond motifs is 1. The molecular formula is C15H22ClN5. The predicted molar refractivity (Wildman–Crippen MR) is 85.8 cm³/mol. The fraction of sp³-hybridized carbons (Fsp3) is 0.667. The zero-order chi connectivity index (χ0) is 14.8. The van der Waals surface area contributed by atoms with Gasteiger partial charge in [-0.3, -0.25) is 0 Å². The van der Waals surface area contributed by atoms with Gasteiger partial charge in [0.15, 0.2) is 17.0 Å². The van der Waals surface area contributed by atoms with Gasteiger partial charge in [0.05, 0.1) is 6.33 Å². The summed E-state index contributed by atoms with van der Waals surface area (Å²) in [6.45, 7) is 4.37. The van der Waals surface area contributed by atoms with Crippen molar-refractivity contribution in [2.45, 2.75) is 64.5 Å². The molecule has 0 amide bonds. The van der Waals surface area contributed by atoms with Crippen LogP contribution >= 0.6 is 11.6 Å². The number of hydrogen-bond acceptors (Lipinski definition) is 4. The highest BCUT2D eigenvalue weighted by Gasteiger charge is 2.20. The van der Waals surface area contributed by atoms with Gasteiger partial charge in [-0.25, -0.2) is 4.98 Å². The third-order valence-corrected chi connectivity index (χ3v) is 4.44. The van der Waals surface area contributed by atoms with Crippen molar-refractivity contribution in [1.29, 1.82) is 0 Å². The van der Waals surface area contributed by atoms with Crippen LogP contribution in [0.25, 0.3) is 11.2 Å². The van der Waals surface area contributed by atoms with Crippen molar-refractivity contribution in [2.24, 2.45) is 0 Å². The summed E-state index contributed by atoms with van der Waals surface area (Å²) in [5, 5.41) is 3.78. The Labute approximate surface area is 130 Å². The SMILES string of the molecule is CCCC(C)n1cnc2c(NC3CCCC3)nc(Cl)nc21. The summed E-state index contributed by atoms with van der Waals surface area (Å²) >= 11 is 6.12. The minimum atomic E-state index is 0.286. The van der Waals surface area contributed by atoms with Crippen molar-refractivity contribution in [1.82, 2.24) is 19.5 Å². The number of aromatic nitrogens is 4. The van der Waals surface area contributed by atoms with Crippen LogP contribution in [0.5, 0.6) is 0 Å². The van der Waals surface area contributed by atoms with Crippen LogP contribution in [0.15, 0.2) is 6.33 Å². The molecule has 0 aromatic carbocycles. The van der Waals surface area contributed by atoms with Gasteiger partial charge in [0.25, 0.3) is 0 Å². The Bertz CT molecular complexity index is 618. The number of rotatable bonds is 5. The first kappa shape index (κ1) is 14.6. The minimum Gasteiger partial charge on any atom is -0.365 e. The van der Waals surface area contributed by atoms with E-state index in [0.717, 1.165) is 29.8 Å². The Kier molecular flexibility index (Phi) is 4.29. The van der Waals surface area contributed by atoms with E-state index in [4.69, 9.17) is 11.6 Å². The fourth-order valence-electron chi connectivity index (χ4n) is 3.13. The molecule has 2 aromatic rings. The van der Waals surface area contributed by atoms with E-state index in [0.29, 0.717) is 12.1 Å². The highest BCUT2D eigenvalue weighted by molar-refractivity contribution is 6.28. The molecular weight excluding hydrogens is 286 g/mol. The molecule has 0 bridgehead atoms. The summed E-state index contributed by atoms with van der Waals surface area (Å²) < 4.78 is 2.10. The smallest absolute Gasteiger partial charge is 0.226 e. The van der Waals surface area contributed by atoms with Gasteiger partial charge < -0.3 is 9.88 Å². The number of halogens is 1. The Morgan fingerprint density at radius 2 is 2.14 bits per heavy atom. The number of nitrogens with zero attached hydrogens (tertiary/aromatic N) is 4. The number of imidazole rings is 1. The van der Waals surface area contributed by atoms with Crippen molar-refractivity contribution in [2.75, 3.05) is 5.32 Å². The summed E-state index contributed by atoms with van der Waals surface area (Å²) in [6, 6.07) is 0.850. The van der Waals surface area contributed by atoms with Crippen molar-refractivity contribution < 1.29 is 0 Å². The molecule has 1 unspecified atom stereocenters. The maximum atomic E-state index is 6.12. The minimum absolute atomic E-state index is 0.286. The highest BCUT2D eigenvalue weighted by atomic mass is 35.5. The van der Waals surface area contributed by atoms with Crippen LogP contribution in [0, 0.1) is 0 Å². The third kappa shape index (κ3) is 2.98. The molecule has 6 heteroatoms. The predicted octanol–water partition coefficient (Wildman–Crippen LogP) is 4.20. The third-order valence-electron chi connectivity index (χ3n) is 4.27. The van der Waals surface area contributed by atoms with E-state index >= 15 is 0 Å². The number of hydrogen-bond donors (Lipinski definition) is 1. The van der Waals surface area contributed by atoms with Crippen molar-refractivity contribution in [3.8, 4) is 0 Å². The van der Waals surface area contributed by atoms with Gasteiger partial charge in [0.2, 0.25) is 5.28 Å². The molecule has 0 aliphatic heterocycles. The quantitative estimate of drug-likeness (QED) is 0.841. The molecule has 0 radical (unpaired) electrons. The molecule has 114 valence electrons. The second-order valence-electron chi connectivity index (χ2n) is 5.93. The van der Waals surface area contributed by atoms with Gasteiger partial charge >= 0.3 is 0 Å². The van der Waals surface area contributed by atoms with E-state index in [1.165, 1.54) is 25.7 Å². The van der Waals surface area contributed by atoms with E-state index in [2.05, 4.69) is 38.7 Å². The second-order valence-corrected chi connectivity index (χ2v) is 6.27. The van der Waals surface area contributed by atoms with Crippen LogP contribution in [-0.2, 0) is 0 Å². The monoisotopic (exact) mass is 307 g/mol. The van der Waals surface area contributed by atoms with Crippen molar-refractivity contribution >= 4 is 28.6 Å². The van der Waals surface area contributed by atoms with Gasteiger partial charge in [-0.1, -0.05) is 26.2 Å². The van der Waals surface area contributed by atoms with Gasteiger partial charge in [-0.2, -0.15) is 9.97 Å². The van der Waals surface area contributed by atoms with Gasteiger partial charge in [0, 0.05) is 12.1 Å². The topological polar surface area (TPSA) is 55.6 Å². The first-order valence-corrected chi connectivity index (χ1v) is 8.23. The maximum Gasteiger partial charge on any atom is 0.226 e. The lowest BCUT2D eigenvalue weighted by molar-refractivity contribution is 0.509. The van der Waals surface area contributed by atoms with E-state index in [1.54, 1.807) is 0 Å². The lowest BCUT2D eigenvalue weighted by Gasteiger charge is -2.15. The maximum absolute atomic E-state index is 6.12. The zero-order valence-corrected chi connectivity index (χ0v) is 13.4. The molecule has 1 atom stereocenters. The van der Waals surface area contributed by atoms with Crippen LogP contribution in [0.2, 0.25) is 5.28 Å². The Morgan fingerprint density at radius 1 is 1.38 bits per heavy atom. The van der Waals surface area contributed by atoms with Crippen molar-refractivity contribution in [3.05, 3.63) is 11.6 Å². The van der Waals surface area contributed by atoms with E-state index in [-0.39, 0.29) is 5.28 Å². The summed E-state index contributed by atoms with van der Waals surface area (Å²) in [7, 11) is 0. The molecule has 1 N–H and O–H groups in total. The summed E-state index contributed by atoms with van der Waals surface area (Å²) in [6.07, 6.45) is 9.02. The van der Waals surface area contributed by atoms with E-state index < -0.39 is 0 Å². The first-order valence-electron chi connectivity index (χ1n) is 7.85. The largest absolute Gasteiger partial charge is 0.365 e. The number of anilines is 1. The molecule has 1 aliphatic carbocycles. The number of nitrogens with one attached hydrogen (secondary N) is 1. The standard InChI is InChI=1S/C15H22ClN5/c1-3-6-10(2)21-9-17-12-13(18-11-7-4-5-8-11)19-15(16)20-14(12)21/h9-11H,3-8H2,1-2H3,(H,18,19,20). The normalized spacial score (nSPS) is 17.5. The first-order chi connectivity index (χ1) is 10.2. The Balaban J connectivity index is 1.97. The molecule has 0 saturated heterocycles. The lowest BCUT2D eigenvalue weighted by Crippen LogP contribution is -2.16. The van der Waals surface area contributed by atoms with Gasteiger partial charge in [-0.05, 0) is 37.8 Å².